The molecule has 6 nitrogen and oxygen atoms in total. The van der Waals surface area contributed by atoms with Gasteiger partial charge in [-0.1, -0.05) is 20.8 Å². The molecule has 1 atom stereocenters. The van der Waals surface area contributed by atoms with Gasteiger partial charge in [-0.2, -0.15) is 0 Å². The monoisotopic (exact) mass is 331 g/mol. The number of nitrogens with zero attached hydrogens (tertiary/aromatic N) is 2. The van der Waals surface area contributed by atoms with Gasteiger partial charge in [0.2, 0.25) is 0 Å². The number of nitrogens with one attached hydrogen (secondary N) is 1. The van der Waals surface area contributed by atoms with Gasteiger partial charge in [0.05, 0.1) is 30.1 Å². The number of ether oxygens (including phenoxy) is 1. The second-order valence-electron chi connectivity index (χ2n) is 7.19. The first-order valence-electron chi connectivity index (χ1n) is 7.95. The van der Waals surface area contributed by atoms with E-state index in [-0.39, 0.29) is 11.0 Å². The van der Waals surface area contributed by atoms with Gasteiger partial charge in [0.1, 0.15) is 5.82 Å². The van der Waals surface area contributed by atoms with E-state index in [1.165, 1.54) is 7.11 Å². The number of carbonyl (C=O) groups excluding carboxylic acids is 1. The minimum absolute atomic E-state index is 0.115. The second kappa shape index (κ2) is 6.73. The molecule has 6 heteroatoms. The Kier molecular flexibility index (Phi) is 5.08. The van der Waals surface area contributed by atoms with Crippen LogP contribution in [-0.4, -0.2) is 41.0 Å². The number of aromatic amines is 1. The fourth-order valence-electron chi connectivity index (χ4n) is 2.54. The lowest BCUT2D eigenvalue weighted by Crippen LogP contribution is -2.39. The molecule has 0 fully saturated rings. The molecule has 1 aromatic heterocycles. The highest BCUT2D eigenvalue weighted by Crippen LogP contribution is 2.23. The van der Waals surface area contributed by atoms with Crippen LogP contribution in [0.5, 0.6) is 0 Å². The van der Waals surface area contributed by atoms with Gasteiger partial charge in [0.15, 0.2) is 0 Å². The van der Waals surface area contributed by atoms with E-state index in [0.29, 0.717) is 34.9 Å². The van der Waals surface area contributed by atoms with E-state index in [1.807, 2.05) is 7.05 Å². The Morgan fingerprint density at radius 2 is 2.04 bits per heavy atom. The predicted molar refractivity (Wildman–Crippen MR) is 94.1 cm³/mol. The zero-order valence-corrected chi connectivity index (χ0v) is 15.1. The maximum absolute atomic E-state index is 12.3. The Morgan fingerprint density at radius 3 is 2.62 bits per heavy atom. The Balaban J connectivity index is 2.38. The van der Waals surface area contributed by atoms with Crippen LogP contribution < -0.4 is 5.56 Å². The predicted octanol–water partition coefficient (Wildman–Crippen LogP) is 2.58. The summed E-state index contributed by atoms with van der Waals surface area (Å²) in [4.78, 5) is 33.4. The molecule has 0 amide bonds. The van der Waals surface area contributed by atoms with Crippen molar-refractivity contribution in [3.63, 3.8) is 0 Å². The van der Waals surface area contributed by atoms with Gasteiger partial charge < -0.3 is 9.72 Å². The highest BCUT2D eigenvalue weighted by molar-refractivity contribution is 5.93. The van der Waals surface area contributed by atoms with Gasteiger partial charge in [-0.3, -0.25) is 9.69 Å². The molecule has 0 aliphatic carbocycles. The van der Waals surface area contributed by atoms with Crippen molar-refractivity contribution in [2.45, 2.75) is 40.3 Å². The third-order valence-corrected chi connectivity index (χ3v) is 4.49. The minimum atomic E-state index is -0.445. The number of benzene rings is 1. The molecule has 24 heavy (non-hydrogen) atoms. The van der Waals surface area contributed by atoms with Crippen molar-refractivity contribution in [2.24, 2.45) is 5.41 Å². The number of aromatic nitrogens is 2. The van der Waals surface area contributed by atoms with Gasteiger partial charge in [0, 0.05) is 6.04 Å². The molecular weight excluding hydrogens is 306 g/mol. The van der Waals surface area contributed by atoms with E-state index >= 15 is 0 Å². The number of methoxy groups -OCH3 is 1. The first-order valence-corrected chi connectivity index (χ1v) is 7.95. The van der Waals surface area contributed by atoms with E-state index in [9.17, 15) is 9.59 Å². The van der Waals surface area contributed by atoms with E-state index in [2.05, 4.69) is 42.6 Å². The quantitative estimate of drug-likeness (QED) is 0.872. The lowest BCUT2D eigenvalue weighted by molar-refractivity contribution is 0.0601. The number of fused-ring (bicyclic) bond motifs is 1. The number of esters is 1. The highest BCUT2D eigenvalue weighted by atomic mass is 16.5. The fourth-order valence-corrected chi connectivity index (χ4v) is 2.54. The van der Waals surface area contributed by atoms with Gasteiger partial charge in [-0.15, -0.1) is 0 Å². The molecule has 0 saturated heterocycles. The van der Waals surface area contributed by atoms with E-state index in [4.69, 9.17) is 4.74 Å². The zero-order chi connectivity index (χ0) is 18.1. The van der Waals surface area contributed by atoms with Crippen LogP contribution in [0, 0.1) is 5.41 Å². The molecule has 2 rings (SSSR count). The lowest BCUT2D eigenvalue weighted by atomic mass is 9.87. The van der Waals surface area contributed by atoms with Gasteiger partial charge in [-0.05, 0) is 37.6 Å². The summed E-state index contributed by atoms with van der Waals surface area (Å²) in [6.45, 7) is 9.19. The van der Waals surface area contributed by atoms with Crippen LogP contribution in [0.25, 0.3) is 10.9 Å². The van der Waals surface area contributed by atoms with Crippen LogP contribution in [0.2, 0.25) is 0 Å². The molecule has 0 aliphatic heterocycles. The standard InChI is InChI=1S/C18H25N3O3/c1-11(18(2,3)4)21(5)10-15-19-14-9-12(17(23)24-6)7-8-13(14)16(22)20-15/h7-9,11H,10H2,1-6H3,(H,19,20,22)/t11-/m1/s1. The third kappa shape index (κ3) is 3.82. The molecule has 0 unspecified atom stereocenters. The summed E-state index contributed by atoms with van der Waals surface area (Å²) in [6, 6.07) is 5.06. The van der Waals surface area contributed by atoms with Crippen LogP contribution >= 0.6 is 0 Å². The van der Waals surface area contributed by atoms with Crippen molar-refractivity contribution in [1.82, 2.24) is 14.9 Å². The summed E-state index contributed by atoms with van der Waals surface area (Å²) in [6.07, 6.45) is 0. The Hall–Kier alpha value is -2.21. The van der Waals surface area contributed by atoms with Crippen LogP contribution in [-0.2, 0) is 11.3 Å². The van der Waals surface area contributed by atoms with Gasteiger partial charge in [-0.25, -0.2) is 9.78 Å². The van der Waals surface area contributed by atoms with Crippen LogP contribution in [0.15, 0.2) is 23.0 Å². The highest BCUT2D eigenvalue weighted by Gasteiger charge is 2.24. The maximum atomic E-state index is 12.3. The molecule has 130 valence electrons. The van der Waals surface area contributed by atoms with Crippen LogP contribution in [0.3, 0.4) is 0 Å². The Bertz CT molecular complexity index is 805. The average molecular weight is 331 g/mol. The smallest absolute Gasteiger partial charge is 0.337 e. The fraction of sp³-hybridized carbons (Fsp3) is 0.500. The Labute approximate surface area is 141 Å². The van der Waals surface area contributed by atoms with Crippen molar-refractivity contribution in [2.75, 3.05) is 14.2 Å². The largest absolute Gasteiger partial charge is 0.465 e. The van der Waals surface area contributed by atoms with Crippen LogP contribution in [0.1, 0.15) is 43.9 Å². The molecule has 0 spiro atoms. The topological polar surface area (TPSA) is 75.3 Å². The van der Waals surface area contributed by atoms with Crippen molar-refractivity contribution in [3.05, 3.63) is 39.9 Å². The molecule has 0 aliphatic rings. The Morgan fingerprint density at radius 1 is 1.38 bits per heavy atom. The molecular formula is C18H25N3O3. The molecule has 0 saturated carbocycles. The summed E-state index contributed by atoms with van der Waals surface area (Å²) < 4.78 is 4.72. The number of hydrogen-bond donors (Lipinski definition) is 1. The molecule has 1 N–H and O–H groups in total. The average Bonchev–Trinajstić information content (AvgIpc) is 2.51. The summed E-state index contributed by atoms with van der Waals surface area (Å²) in [7, 11) is 3.33. The summed E-state index contributed by atoms with van der Waals surface area (Å²) in [5.41, 5.74) is 0.784. The van der Waals surface area contributed by atoms with Crippen molar-refractivity contribution in [1.29, 1.82) is 0 Å². The van der Waals surface area contributed by atoms with Gasteiger partial charge >= 0.3 is 5.97 Å². The number of carbonyl (C=O) groups is 1. The SMILES string of the molecule is COC(=O)c1ccc2c(=O)[nH]c(CN(C)[C@H](C)C(C)(C)C)nc2c1. The molecule has 1 heterocycles. The summed E-state index contributed by atoms with van der Waals surface area (Å²) >= 11 is 0. The molecule has 0 bridgehead atoms. The number of rotatable bonds is 4. The summed E-state index contributed by atoms with van der Waals surface area (Å²) in [5.74, 6) is 0.132. The summed E-state index contributed by atoms with van der Waals surface area (Å²) in [5, 5.41) is 0.456. The van der Waals surface area contributed by atoms with E-state index in [0.717, 1.165) is 0 Å². The number of H-pyrrole nitrogens is 1. The molecule has 0 radical (unpaired) electrons. The molecule has 1 aromatic carbocycles. The van der Waals surface area contributed by atoms with Gasteiger partial charge in [0.25, 0.3) is 5.56 Å². The van der Waals surface area contributed by atoms with Crippen molar-refractivity contribution < 1.29 is 9.53 Å². The van der Waals surface area contributed by atoms with Crippen LogP contribution in [0.4, 0.5) is 0 Å². The van der Waals surface area contributed by atoms with Crippen molar-refractivity contribution in [3.8, 4) is 0 Å². The second-order valence-corrected chi connectivity index (χ2v) is 7.19. The molecule has 2 aromatic rings. The van der Waals surface area contributed by atoms with E-state index < -0.39 is 5.97 Å². The van der Waals surface area contributed by atoms with Crippen molar-refractivity contribution >= 4 is 16.9 Å². The zero-order valence-electron chi connectivity index (χ0n) is 15.1. The number of hydrogen-bond acceptors (Lipinski definition) is 5. The van der Waals surface area contributed by atoms with E-state index in [1.54, 1.807) is 18.2 Å². The minimum Gasteiger partial charge on any atom is -0.465 e. The first kappa shape index (κ1) is 18.1. The first-order chi connectivity index (χ1) is 11.1. The maximum Gasteiger partial charge on any atom is 0.337 e. The normalized spacial score (nSPS) is 13.3. The third-order valence-electron chi connectivity index (χ3n) is 4.49. The lowest BCUT2D eigenvalue weighted by Gasteiger charge is -2.35.